The van der Waals surface area contributed by atoms with Gasteiger partial charge in [-0.2, -0.15) is 0 Å². The Hall–Kier alpha value is -0.770. The van der Waals surface area contributed by atoms with Gasteiger partial charge >= 0.3 is 6.09 Å². The minimum Gasteiger partial charge on any atom is -0.444 e. The van der Waals surface area contributed by atoms with Crippen LogP contribution in [0.5, 0.6) is 0 Å². The van der Waals surface area contributed by atoms with Gasteiger partial charge in [-0.25, -0.2) is 4.79 Å². The molecule has 0 aliphatic carbocycles. The van der Waals surface area contributed by atoms with E-state index in [9.17, 15) is 4.79 Å². The first-order valence-corrected chi connectivity index (χ1v) is 7.42. The van der Waals surface area contributed by atoms with Gasteiger partial charge in [-0.05, 0) is 58.4 Å². The van der Waals surface area contributed by atoms with Crippen molar-refractivity contribution in [3.8, 4) is 0 Å². The minimum atomic E-state index is -0.426. The number of likely N-dealkylation sites (tertiary alicyclic amines) is 1. The molecule has 112 valence electrons. The van der Waals surface area contributed by atoms with E-state index in [0.717, 1.165) is 32.4 Å². The highest BCUT2D eigenvalue weighted by Crippen LogP contribution is 2.28. The summed E-state index contributed by atoms with van der Waals surface area (Å²) < 4.78 is 5.51. The predicted molar refractivity (Wildman–Crippen MR) is 78.0 cm³/mol. The minimum absolute atomic E-state index is 0.173. The molecule has 19 heavy (non-hydrogen) atoms. The lowest BCUT2D eigenvalue weighted by Gasteiger charge is -2.40. The SMILES string of the molecule is CC(C)CC1CC(CN)CCN1C(=O)OC(C)(C)C. The van der Waals surface area contributed by atoms with Crippen LogP contribution in [0.15, 0.2) is 0 Å². The molecule has 0 radical (unpaired) electrons. The van der Waals surface area contributed by atoms with E-state index in [1.807, 2.05) is 25.7 Å². The van der Waals surface area contributed by atoms with Gasteiger partial charge in [-0.1, -0.05) is 13.8 Å². The Bertz CT molecular complexity index is 297. The first-order valence-electron chi connectivity index (χ1n) is 7.42. The highest BCUT2D eigenvalue weighted by Gasteiger charge is 2.33. The van der Waals surface area contributed by atoms with E-state index in [1.165, 1.54) is 0 Å². The molecule has 0 aromatic carbocycles. The van der Waals surface area contributed by atoms with E-state index in [1.54, 1.807) is 0 Å². The number of ether oxygens (including phenoxy) is 1. The molecule has 2 unspecified atom stereocenters. The number of hydrogen-bond acceptors (Lipinski definition) is 3. The van der Waals surface area contributed by atoms with Crippen LogP contribution in [-0.4, -0.2) is 35.7 Å². The number of hydrogen-bond donors (Lipinski definition) is 1. The molecule has 0 aromatic rings. The van der Waals surface area contributed by atoms with Crippen LogP contribution in [0.4, 0.5) is 4.79 Å². The molecule has 1 heterocycles. The van der Waals surface area contributed by atoms with Crippen molar-refractivity contribution in [2.75, 3.05) is 13.1 Å². The summed E-state index contributed by atoms with van der Waals surface area (Å²) in [6, 6.07) is 0.275. The summed E-state index contributed by atoms with van der Waals surface area (Å²) >= 11 is 0. The van der Waals surface area contributed by atoms with Crippen LogP contribution in [0.25, 0.3) is 0 Å². The first-order chi connectivity index (χ1) is 8.73. The Balaban J connectivity index is 2.70. The van der Waals surface area contributed by atoms with Crippen molar-refractivity contribution in [1.82, 2.24) is 4.90 Å². The Morgan fingerprint density at radius 2 is 2.05 bits per heavy atom. The van der Waals surface area contributed by atoms with E-state index in [4.69, 9.17) is 10.5 Å². The van der Waals surface area contributed by atoms with Crippen molar-refractivity contribution in [3.05, 3.63) is 0 Å². The van der Waals surface area contributed by atoms with Gasteiger partial charge in [0, 0.05) is 12.6 Å². The Morgan fingerprint density at radius 3 is 2.53 bits per heavy atom. The van der Waals surface area contributed by atoms with Gasteiger partial charge in [0.2, 0.25) is 0 Å². The lowest BCUT2D eigenvalue weighted by Crippen LogP contribution is -2.49. The zero-order valence-corrected chi connectivity index (χ0v) is 13.1. The molecular formula is C15H30N2O2. The molecule has 1 saturated heterocycles. The second-order valence-electron chi connectivity index (χ2n) is 7.08. The van der Waals surface area contributed by atoms with Crippen molar-refractivity contribution in [2.45, 2.75) is 65.5 Å². The number of piperidine rings is 1. The summed E-state index contributed by atoms with van der Waals surface area (Å²) in [4.78, 5) is 14.2. The smallest absolute Gasteiger partial charge is 0.410 e. The lowest BCUT2D eigenvalue weighted by atomic mass is 9.87. The van der Waals surface area contributed by atoms with Crippen LogP contribution in [0.2, 0.25) is 0 Å². The van der Waals surface area contributed by atoms with Crippen molar-refractivity contribution in [2.24, 2.45) is 17.6 Å². The maximum atomic E-state index is 12.3. The molecule has 2 atom stereocenters. The lowest BCUT2D eigenvalue weighted by molar-refractivity contribution is 0.00226. The summed E-state index contributed by atoms with van der Waals surface area (Å²) in [5.41, 5.74) is 5.36. The molecule has 1 aliphatic rings. The van der Waals surface area contributed by atoms with Crippen molar-refractivity contribution >= 4 is 6.09 Å². The van der Waals surface area contributed by atoms with Gasteiger partial charge in [0.1, 0.15) is 5.60 Å². The number of rotatable bonds is 3. The molecule has 1 rings (SSSR count). The van der Waals surface area contributed by atoms with Gasteiger partial charge < -0.3 is 15.4 Å². The summed E-state index contributed by atoms with van der Waals surface area (Å²) in [5, 5.41) is 0. The van der Waals surface area contributed by atoms with Crippen LogP contribution >= 0.6 is 0 Å². The van der Waals surface area contributed by atoms with Gasteiger partial charge in [-0.15, -0.1) is 0 Å². The summed E-state index contributed by atoms with van der Waals surface area (Å²) in [5.74, 6) is 1.12. The fraction of sp³-hybridized carbons (Fsp3) is 0.933. The summed E-state index contributed by atoms with van der Waals surface area (Å²) in [7, 11) is 0. The number of carbonyl (C=O) groups is 1. The predicted octanol–water partition coefficient (Wildman–Crippen LogP) is 3.01. The second kappa shape index (κ2) is 6.60. The van der Waals surface area contributed by atoms with Gasteiger partial charge in [0.15, 0.2) is 0 Å². The molecular weight excluding hydrogens is 240 g/mol. The molecule has 1 aliphatic heterocycles. The van der Waals surface area contributed by atoms with E-state index in [2.05, 4.69) is 13.8 Å². The fourth-order valence-corrected chi connectivity index (χ4v) is 2.68. The van der Waals surface area contributed by atoms with Crippen LogP contribution in [0.3, 0.4) is 0 Å². The molecule has 0 bridgehead atoms. The Kier molecular flexibility index (Phi) is 5.65. The highest BCUT2D eigenvalue weighted by atomic mass is 16.6. The second-order valence-corrected chi connectivity index (χ2v) is 7.08. The Morgan fingerprint density at radius 1 is 1.42 bits per heavy atom. The fourth-order valence-electron chi connectivity index (χ4n) is 2.68. The zero-order valence-electron chi connectivity index (χ0n) is 13.1. The van der Waals surface area contributed by atoms with E-state index >= 15 is 0 Å². The van der Waals surface area contributed by atoms with E-state index in [0.29, 0.717) is 11.8 Å². The number of nitrogens with two attached hydrogens (primary N) is 1. The van der Waals surface area contributed by atoms with Gasteiger partial charge in [0.25, 0.3) is 0 Å². The average molecular weight is 270 g/mol. The monoisotopic (exact) mass is 270 g/mol. The summed E-state index contributed by atoms with van der Waals surface area (Å²) in [6.07, 6.45) is 2.85. The van der Waals surface area contributed by atoms with Crippen LogP contribution in [0, 0.1) is 11.8 Å². The molecule has 0 saturated carbocycles. The van der Waals surface area contributed by atoms with Crippen molar-refractivity contribution in [3.63, 3.8) is 0 Å². The molecule has 1 fully saturated rings. The quantitative estimate of drug-likeness (QED) is 0.857. The van der Waals surface area contributed by atoms with Crippen LogP contribution < -0.4 is 5.73 Å². The normalized spacial score (nSPS) is 24.7. The maximum Gasteiger partial charge on any atom is 0.410 e. The molecule has 1 amide bonds. The standard InChI is InChI=1S/C15H30N2O2/c1-11(2)8-13-9-12(10-16)6-7-17(13)14(18)19-15(3,4)5/h11-13H,6-10,16H2,1-5H3. The average Bonchev–Trinajstić information content (AvgIpc) is 2.25. The van der Waals surface area contributed by atoms with Crippen molar-refractivity contribution < 1.29 is 9.53 Å². The van der Waals surface area contributed by atoms with E-state index < -0.39 is 5.60 Å². The first kappa shape index (κ1) is 16.3. The van der Waals surface area contributed by atoms with Crippen molar-refractivity contribution in [1.29, 1.82) is 0 Å². The molecule has 2 N–H and O–H groups in total. The van der Waals surface area contributed by atoms with Crippen LogP contribution in [-0.2, 0) is 4.74 Å². The summed E-state index contributed by atoms with van der Waals surface area (Å²) in [6.45, 7) is 11.6. The maximum absolute atomic E-state index is 12.3. The molecule has 0 aromatic heterocycles. The van der Waals surface area contributed by atoms with Gasteiger partial charge in [-0.3, -0.25) is 0 Å². The molecule has 4 heteroatoms. The third kappa shape index (κ3) is 5.39. The highest BCUT2D eigenvalue weighted by molar-refractivity contribution is 5.68. The zero-order chi connectivity index (χ0) is 14.6. The molecule has 0 spiro atoms. The van der Waals surface area contributed by atoms with Crippen LogP contribution in [0.1, 0.15) is 53.9 Å². The number of nitrogens with zero attached hydrogens (tertiary/aromatic N) is 1. The largest absolute Gasteiger partial charge is 0.444 e. The Labute approximate surface area is 117 Å². The third-order valence-corrected chi connectivity index (χ3v) is 3.53. The number of amides is 1. The van der Waals surface area contributed by atoms with E-state index in [-0.39, 0.29) is 12.1 Å². The topological polar surface area (TPSA) is 55.6 Å². The molecule has 4 nitrogen and oxygen atoms in total. The number of carbonyl (C=O) groups excluding carboxylic acids is 1. The third-order valence-electron chi connectivity index (χ3n) is 3.53. The van der Waals surface area contributed by atoms with Gasteiger partial charge in [0.05, 0.1) is 0 Å².